The fraction of sp³-hybridized carbons (Fsp3) is 0.0769. The fourth-order valence-corrected chi connectivity index (χ4v) is 2.81. The second kappa shape index (κ2) is 6.35. The van der Waals surface area contributed by atoms with Crippen LogP contribution < -0.4 is 5.73 Å². The first-order valence-electron chi connectivity index (χ1n) is 5.58. The molecule has 4 nitrogen and oxygen atoms in total. The van der Waals surface area contributed by atoms with Crippen molar-refractivity contribution >= 4 is 46.3 Å². The molecule has 0 aliphatic carbocycles. The molecule has 0 heterocycles. The van der Waals surface area contributed by atoms with Gasteiger partial charge in [0.1, 0.15) is 5.69 Å². The van der Waals surface area contributed by atoms with Crippen LogP contribution in [-0.2, 0) is 5.75 Å². The van der Waals surface area contributed by atoms with Crippen LogP contribution in [0.25, 0.3) is 0 Å². The van der Waals surface area contributed by atoms with Gasteiger partial charge in [-0.15, -0.1) is 11.8 Å². The second-order valence-corrected chi connectivity index (χ2v) is 5.88. The first-order chi connectivity index (χ1) is 9.47. The fourth-order valence-electron chi connectivity index (χ4n) is 1.57. The van der Waals surface area contributed by atoms with Gasteiger partial charge in [0, 0.05) is 16.7 Å². The van der Waals surface area contributed by atoms with Crippen molar-refractivity contribution in [3.8, 4) is 0 Å². The first-order valence-corrected chi connectivity index (χ1v) is 7.32. The van der Waals surface area contributed by atoms with Gasteiger partial charge in [0.25, 0.3) is 5.69 Å². The van der Waals surface area contributed by atoms with E-state index < -0.39 is 4.92 Å². The summed E-state index contributed by atoms with van der Waals surface area (Å²) in [4.78, 5) is 11.3. The molecular weight excluding hydrogens is 319 g/mol. The molecule has 0 atom stereocenters. The van der Waals surface area contributed by atoms with E-state index in [9.17, 15) is 10.1 Å². The van der Waals surface area contributed by atoms with Crippen LogP contribution in [0.2, 0.25) is 10.0 Å². The van der Waals surface area contributed by atoms with E-state index in [4.69, 9.17) is 28.9 Å². The SMILES string of the molecule is Nc1ccc(CSc2ccc(Cl)c(Cl)c2)cc1[N+](=O)[O-]. The van der Waals surface area contributed by atoms with Crippen LogP contribution in [0.15, 0.2) is 41.3 Å². The highest BCUT2D eigenvalue weighted by atomic mass is 35.5. The predicted octanol–water partition coefficient (Wildman–Crippen LogP) is 4.78. The van der Waals surface area contributed by atoms with Crippen LogP contribution >= 0.6 is 35.0 Å². The summed E-state index contributed by atoms with van der Waals surface area (Å²) in [7, 11) is 0. The number of hydrogen-bond acceptors (Lipinski definition) is 4. The second-order valence-electron chi connectivity index (χ2n) is 4.01. The van der Waals surface area contributed by atoms with Gasteiger partial charge in [0.2, 0.25) is 0 Å². The molecule has 0 saturated heterocycles. The van der Waals surface area contributed by atoms with E-state index in [-0.39, 0.29) is 11.4 Å². The zero-order valence-electron chi connectivity index (χ0n) is 10.2. The molecule has 20 heavy (non-hydrogen) atoms. The smallest absolute Gasteiger partial charge is 0.292 e. The Labute approximate surface area is 130 Å². The lowest BCUT2D eigenvalue weighted by Gasteiger charge is -2.05. The van der Waals surface area contributed by atoms with Crippen molar-refractivity contribution in [1.82, 2.24) is 0 Å². The summed E-state index contributed by atoms with van der Waals surface area (Å²) in [6.45, 7) is 0. The van der Waals surface area contributed by atoms with Gasteiger partial charge < -0.3 is 5.73 Å². The Morgan fingerprint density at radius 1 is 1.15 bits per heavy atom. The Bertz CT molecular complexity index is 665. The van der Waals surface area contributed by atoms with Gasteiger partial charge >= 0.3 is 0 Å². The van der Waals surface area contributed by atoms with Gasteiger partial charge in [-0.25, -0.2) is 0 Å². The number of nitro groups is 1. The number of nitrogens with zero attached hydrogens (tertiary/aromatic N) is 1. The normalized spacial score (nSPS) is 10.5. The van der Waals surface area contributed by atoms with Crippen molar-refractivity contribution in [3.63, 3.8) is 0 Å². The monoisotopic (exact) mass is 328 g/mol. The molecule has 2 aromatic carbocycles. The average molecular weight is 329 g/mol. The lowest BCUT2D eigenvalue weighted by atomic mass is 10.2. The van der Waals surface area contributed by atoms with Crippen molar-refractivity contribution in [2.75, 3.05) is 5.73 Å². The van der Waals surface area contributed by atoms with Crippen LogP contribution in [0.1, 0.15) is 5.56 Å². The van der Waals surface area contributed by atoms with Gasteiger partial charge in [-0.2, -0.15) is 0 Å². The van der Waals surface area contributed by atoms with E-state index in [1.165, 1.54) is 17.8 Å². The number of nitrogens with two attached hydrogens (primary N) is 1. The number of thioether (sulfide) groups is 1. The Morgan fingerprint density at radius 3 is 2.55 bits per heavy atom. The number of hydrogen-bond donors (Lipinski definition) is 1. The topological polar surface area (TPSA) is 69.2 Å². The number of anilines is 1. The molecule has 0 amide bonds. The van der Waals surface area contributed by atoms with Crippen LogP contribution in [0.4, 0.5) is 11.4 Å². The summed E-state index contributed by atoms with van der Waals surface area (Å²) in [5, 5.41) is 11.8. The third-order valence-corrected chi connectivity index (χ3v) is 4.39. The predicted molar refractivity (Wildman–Crippen MR) is 83.5 cm³/mol. The summed E-state index contributed by atoms with van der Waals surface area (Å²) in [5.41, 5.74) is 6.47. The molecular formula is C13H10Cl2N2O2S. The molecule has 7 heteroatoms. The molecule has 0 aromatic heterocycles. The summed E-state index contributed by atoms with van der Waals surface area (Å²) in [6.07, 6.45) is 0. The van der Waals surface area contributed by atoms with Crippen LogP contribution in [0.5, 0.6) is 0 Å². The average Bonchev–Trinajstić information content (AvgIpc) is 2.41. The van der Waals surface area contributed by atoms with Gasteiger partial charge in [0.15, 0.2) is 0 Å². The molecule has 2 N–H and O–H groups in total. The lowest BCUT2D eigenvalue weighted by Crippen LogP contribution is -1.96. The van der Waals surface area contributed by atoms with Gasteiger partial charge in [0.05, 0.1) is 15.0 Å². The highest BCUT2D eigenvalue weighted by Crippen LogP contribution is 2.31. The molecule has 0 radical (unpaired) electrons. The molecule has 0 bridgehead atoms. The standard InChI is InChI=1S/C13H10Cl2N2O2S/c14-10-3-2-9(6-11(10)15)20-7-8-1-4-12(16)13(5-8)17(18)19/h1-6H,7,16H2. The molecule has 0 unspecified atom stereocenters. The van der Waals surface area contributed by atoms with Crippen molar-refractivity contribution in [2.45, 2.75) is 10.6 Å². The molecule has 2 rings (SSSR count). The maximum Gasteiger partial charge on any atom is 0.292 e. The number of nitro benzene ring substituents is 1. The largest absolute Gasteiger partial charge is 0.393 e. The zero-order valence-corrected chi connectivity index (χ0v) is 12.5. The zero-order chi connectivity index (χ0) is 14.7. The highest BCUT2D eigenvalue weighted by Gasteiger charge is 2.12. The van der Waals surface area contributed by atoms with Crippen LogP contribution in [0, 0.1) is 10.1 Å². The molecule has 2 aromatic rings. The van der Waals surface area contributed by atoms with E-state index in [0.29, 0.717) is 15.8 Å². The maximum atomic E-state index is 10.8. The van der Waals surface area contributed by atoms with E-state index in [0.717, 1.165) is 10.5 Å². The summed E-state index contributed by atoms with van der Waals surface area (Å²) >= 11 is 13.3. The third-order valence-electron chi connectivity index (χ3n) is 2.59. The summed E-state index contributed by atoms with van der Waals surface area (Å²) in [6, 6.07) is 10.1. The number of benzene rings is 2. The van der Waals surface area contributed by atoms with E-state index >= 15 is 0 Å². The van der Waals surface area contributed by atoms with Crippen LogP contribution in [0.3, 0.4) is 0 Å². The van der Waals surface area contributed by atoms with Gasteiger partial charge in [-0.1, -0.05) is 29.3 Å². The minimum Gasteiger partial charge on any atom is -0.393 e. The van der Waals surface area contributed by atoms with Gasteiger partial charge in [-0.05, 0) is 29.8 Å². The number of nitrogen functional groups attached to an aromatic ring is 1. The Kier molecular flexibility index (Phi) is 4.75. The molecule has 104 valence electrons. The molecule has 0 spiro atoms. The van der Waals surface area contributed by atoms with Crippen molar-refractivity contribution in [3.05, 3.63) is 62.1 Å². The molecule has 0 fully saturated rings. The number of halogens is 2. The molecule has 0 saturated carbocycles. The van der Waals surface area contributed by atoms with E-state index in [1.54, 1.807) is 24.3 Å². The first kappa shape index (κ1) is 15.0. The Hall–Kier alpha value is -1.43. The number of rotatable bonds is 4. The maximum absolute atomic E-state index is 10.8. The van der Waals surface area contributed by atoms with Crippen molar-refractivity contribution < 1.29 is 4.92 Å². The summed E-state index contributed by atoms with van der Waals surface area (Å²) < 4.78 is 0. The van der Waals surface area contributed by atoms with Crippen molar-refractivity contribution in [1.29, 1.82) is 0 Å². The third kappa shape index (κ3) is 3.56. The minimum absolute atomic E-state index is 0.0720. The minimum atomic E-state index is -0.483. The molecule has 0 aliphatic heterocycles. The molecule has 0 aliphatic rings. The highest BCUT2D eigenvalue weighted by molar-refractivity contribution is 7.98. The van der Waals surface area contributed by atoms with E-state index in [1.807, 2.05) is 6.07 Å². The van der Waals surface area contributed by atoms with Crippen LogP contribution in [-0.4, -0.2) is 4.92 Å². The van der Waals surface area contributed by atoms with Crippen molar-refractivity contribution in [2.24, 2.45) is 0 Å². The lowest BCUT2D eigenvalue weighted by molar-refractivity contribution is -0.383. The van der Waals surface area contributed by atoms with Gasteiger partial charge in [-0.3, -0.25) is 10.1 Å². The quantitative estimate of drug-likeness (QED) is 0.379. The Morgan fingerprint density at radius 2 is 1.90 bits per heavy atom. The van der Waals surface area contributed by atoms with E-state index in [2.05, 4.69) is 0 Å². The Balaban J connectivity index is 2.12. The summed E-state index contributed by atoms with van der Waals surface area (Å²) in [5.74, 6) is 0.582.